The summed E-state index contributed by atoms with van der Waals surface area (Å²) in [5.74, 6) is -0.123. The molecule has 1 fully saturated rings. The average molecular weight is 354 g/mol. The smallest absolute Gasteiger partial charge is 0.255 e. The Morgan fingerprint density at radius 1 is 1.29 bits per heavy atom. The Labute approximate surface area is 147 Å². The molecule has 1 aliphatic carbocycles. The summed E-state index contributed by atoms with van der Waals surface area (Å²) in [4.78, 5) is 25.2. The van der Waals surface area contributed by atoms with Crippen LogP contribution in [0.3, 0.4) is 0 Å². The van der Waals surface area contributed by atoms with E-state index in [1.165, 1.54) is 0 Å². The molecule has 2 amide bonds. The van der Waals surface area contributed by atoms with Gasteiger partial charge in [0.05, 0.1) is 5.56 Å². The number of ether oxygens (including phenoxy) is 1. The molecular weight excluding hydrogens is 330 g/mol. The average Bonchev–Trinajstić information content (AvgIpc) is 2.60. The van der Waals surface area contributed by atoms with Crippen molar-refractivity contribution < 1.29 is 14.3 Å². The topological polar surface area (TPSA) is 93.5 Å². The van der Waals surface area contributed by atoms with Gasteiger partial charge in [-0.2, -0.15) is 0 Å². The molecule has 132 valence electrons. The van der Waals surface area contributed by atoms with Crippen LogP contribution in [0.1, 0.15) is 42.5 Å². The van der Waals surface area contributed by atoms with Gasteiger partial charge < -0.3 is 21.1 Å². The van der Waals surface area contributed by atoms with Crippen LogP contribution < -0.4 is 21.1 Å². The first-order valence-electron chi connectivity index (χ1n) is 8.19. The first-order valence-corrected chi connectivity index (χ1v) is 8.57. The van der Waals surface area contributed by atoms with Crippen LogP contribution in [-0.2, 0) is 4.79 Å². The summed E-state index contributed by atoms with van der Waals surface area (Å²) in [6.45, 7) is 0.633. The summed E-state index contributed by atoms with van der Waals surface area (Å²) in [7, 11) is 1.58. The van der Waals surface area contributed by atoms with Gasteiger partial charge in [-0.15, -0.1) is 0 Å². The minimum atomic E-state index is -0.877. The molecule has 1 aromatic rings. The third kappa shape index (κ3) is 4.19. The van der Waals surface area contributed by atoms with Crippen molar-refractivity contribution in [1.29, 1.82) is 0 Å². The molecule has 0 heterocycles. The number of carbonyl (C=O) groups is 2. The van der Waals surface area contributed by atoms with Gasteiger partial charge in [0.1, 0.15) is 17.9 Å². The molecule has 6 nitrogen and oxygen atoms in total. The third-order valence-corrected chi connectivity index (χ3v) is 4.52. The fourth-order valence-corrected chi connectivity index (χ4v) is 3.23. The van der Waals surface area contributed by atoms with Crippen LogP contribution >= 0.6 is 11.6 Å². The van der Waals surface area contributed by atoms with Crippen LogP contribution in [0.25, 0.3) is 0 Å². The molecule has 0 aromatic heterocycles. The summed E-state index contributed by atoms with van der Waals surface area (Å²) < 4.78 is 5.53. The zero-order valence-corrected chi connectivity index (χ0v) is 14.6. The highest BCUT2D eigenvalue weighted by atomic mass is 35.5. The summed E-state index contributed by atoms with van der Waals surface area (Å²) >= 11 is 6.02. The van der Waals surface area contributed by atoms with Crippen molar-refractivity contribution >= 4 is 23.4 Å². The summed E-state index contributed by atoms with van der Waals surface area (Å²) in [6, 6.07) is 4.84. The number of hydrogen-bond donors (Lipinski definition) is 3. The molecule has 0 atom stereocenters. The number of benzene rings is 1. The third-order valence-electron chi connectivity index (χ3n) is 4.28. The van der Waals surface area contributed by atoms with E-state index in [-0.39, 0.29) is 11.8 Å². The van der Waals surface area contributed by atoms with Crippen molar-refractivity contribution in [3.63, 3.8) is 0 Å². The van der Waals surface area contributed by atoms with Crippen LogP contribution in [0, 0.1) is 0 Å². The molecule has 0 radical (unpaired) electrons. The molecule has 7 heteroatoms. The van der Waals surface area contributed by atoms with Crippen LogP contribution in [-0.4, -0.2) is 37.6 Å². The van der Waals surface area contributed by atoms with Crippen LogP contribution in [0.5, 0.6) is 5.75 Å². The minimum absolute atomic E-state index is 0.165. The molecule has 2 rings (SSSR count). The van der Waals surface area contributed by atoms with Crippen molar-refractivity contribution in [3.8, 4) is 5.75 Å². The second kappa shape index (κ2) is 8.35. The molecule has 4 N–H and O–H groups in total. The molecule has 0 unspecified atom stereocenters. The van der Waals surface area contributed by atoms with Gasteiger partial charge in [-0.25, -0.2) is 0 Å². The lowest BCUT2D eigenvalue weighted by Gasteiger charge is -2.36. The highest BCUT2D eigenvalue weighted by Gasteiger charge is 2.40. The summed E-state index contributed by atoms with van der Waals surface area (Å²) in [5, 5.41) is 6.02. The highest BCUT2D eigenvalue weighted by molar-refractivity contribution is 6.31. The van der Waals surface area contributed by atoms with Crippen molar-refractivity contribution in [1.82, 2.24) is 10.6 Å². The quantitative estimate of drug-likeness (QED) is 0.727. The zero-order valence-electron chi connectivity index (χ0n) is 13.9. The predicted molar refractivity (Wildman–Crippen MR) is 93.4 cm³/mol. The molecule has 0 saturated heterocycles. The lowest BCUT2D eigenvalue weighted by Crippen LogP contribution is -2.59. The lowest BCUT2D eigenvalue weighted by atomic mass is 9.80. The Bertz CT molecular complexity index is 601. The van der Waals surface area contributed by atoms with E-state index in [9.17, 15) is 9.59 Å². The minimum Gasteiger partial charge on any atom is -0.491 e. The van der Waals surface area contributed by atoms with Gasteiger partial charge in [-0.3, -0.25) is 9.59 Å². The molecule has 0 spiro atoms. The van der Waals surface area contributed by atoms with E-state index in [0.717, 1.165) is 19.3 Å². The van der Waals surface area contributed by atoms with Gasteiger partial charge in [0, 0.05) is 18.6 Å². The molecule has 1 saturated carbocycles. The lowest BCUT2D eigenvalue weighted by molar-refractivity contribution is -0.128. The van der Waals surface area contributed by atoms with Gasteiger partial charge in [0.2, 0.25) is 5.91 Å². The second-order valence-corrected chi connectivity index (χ2v) is 6.39. The van der Waals surface area contributed by atoms with E-state index in [2.05, 4.69) is 10.6 Å². The Hall–Kier alpha value is -1.79. The van der Waals surface area contributed by atoms with Crippen LogP contribution in [0.2, 0.25) is 5.02 Å². The standard InChI is InChI=1S/C17H24ClN3O3/c1-20-16(23)17(7-3-2-4-8-17)21-15(22)13-11-12(18)5-6-14(13)24-10-9-19/h5-6,11H,2-4,7-10,19H2,1H3,(H,20,23)(H,21,22). The van der Waals surface area contributed by atoms with Gasteiger partial charge in [0.25, 0.3) is 5.91 Å². The number of amides is 2. The maximum Gasteiger partial charge on any atom is 0.255 e. The monoisotopic (exact) mass is 353 g/mol. The zero-order chi connectivity index (χ0) is 17.6. The fraction of sp³-hybridized carbons (Fsp3) is 0.529. The van der Waals surface area contributed by atoms with Gasteiger partial charge >= 0.3 is 0 Å². The first kappa shape index (κ1) is 18.5. The number of rotatable bonds is 6. The van der Waals surface area contributed by atoms with Crippen molar-refractivity contribution in [2.75, 3.05) is 20.2 Å². The number of nitrogens with one attached hydrogen (secondary N) is 2. The number of hydrogen-bond acceptors (Lipinski definition) is 4. The summed E-state index contributed by atoms with van der Waals surface area (Å²) in [6.07, 6.45) is 4.12. The van der Waals surface area contributed by atoms with Crippen molar-refractivity contribution in [2.45, 2.75) is 37.6 Å². The second-order valence-electron chi connectivity index (χ2n) is 5.95. The van der Waals surface area contributed by atoms with Crippen molar-refractivity contribution in [3.05, 3.63) is 28.8 Å². The normalized spacial score (nSPS) is 16.3. The SMILES string of the molecule is CNC(=O)C1(NC(=O)c2cc(Cl)ccc2OCCN)CCCCC1. The maximum absolute atomic E-state index is 12.8. The molecule has 1 aliphatic rings. The van der Waals surface area contributed by atoms with Gasteiger partial charge in [0.15, 0.2) is 0 Å². The van der Waals surface area contributed by atoms with Crippen LogP contribution in [0.15, 0.2) is 18.2 Å². The number of nitrogens with two attached hydrogens (primary N) is 1. The maximum atomic E-state index is 12.8. The molecule has 1 aromatic carbocycles. The van der Waals surface area contributed by atoms with Gasteiger partial charge in [-0.05, 0) is 31.0 Å². The highest BCUT2D eigenvalue weighted by Crippen LogP contribution is 2.30. The van der Waals surface area contributed by atoms with Crippen LogP contribution in [0.4, 0.5) is 0 Å². The van der Waals surface area contributed by atoms with Gasteiger partial charge in [-0.1, -0.05) is 30.9 Å². The van der Waals surface area contributed by atoms with E-state index in [1.54, 1.807) is 25.2 Å². The summed E-state index contributed by atoms with van der Waals surface area (Å²) in [5.41, 5.74) is 4.89. The molecule has 24 heavy (non-hydrogen) atoms. The number of halogens is 1. The van der Waals surface area contributed by atoms with E-state index in [4.69, 9.17) is 22.1 Å². The Balaban J connectivity index is 2.26. The Morgan fingerprint density at radius 3 is 2.62 bits per heavy atom. The largest absolute Gasteiger partial charge is 0.491 e. The predicted octanol–water partition coefficient (Wildman–Crippen LogP) is 1.86. The Morgan fingerprint density at radius 2 is 2.00 bits per heavy atom. The van der Waals surface area contributed by atoms with E-state index in [1.807, 2.05) is 0 Å². The first-order chi connectivity index (χ1) is 11.5. The fourth-order valence-electron chi connectivity index (χ4n) is 3.06. The number of carbonyl (C=O) groups excluding carboxylic acids is 2. The van der Waals surface area contributed by atoms with Crippen molar-refractivity contribution in [2.24, 2.45) is 5.73 Å². The molecule has 0 aliphatic heterocycles. The van der Waals surface area contributed by atoms with E-state index in [0.29, 0.717) is 42.3 Å². The van der Waals surface area contributed by atoms with E-state index < -0.39 is 5.54 Å². The number of likely N-dealkylation sites (N-methyl/N-ethyl adjacent to an activating group) is 1. The Kier molecular flexibility index (Phi) is 6.45. The molecule has 0 bridgehead atoms. The molecular formula is C17H24ClN3O3. The van der Waals surface area contributed by atoms with E-state index >= 15 is 0 Å².